The van der Waals surface area contributed by atoms with Crippen LogP contribution in [0.5, 0.6) is 0 Å². The van der Waals surface area contributed by atoms with Crippen LogP contribution in [0, 0.1) is 0 Å². The van der Waals surface area contributed by atoms with Crippen molar-refractivity contribution in [3.05, 3.63) is 77.2 Å². The summed E-state index contributed by atoms with van der Waals surface area (Å²) >= 11 is 1.42. The van der Waals surface area contributed by atoms with Gasteiger partial charge in [0.1, 0.15) is 11.7 Å². The third kappa shape index (κ3) is 4.88. The SMILES string of the molecule is CC(C)c1ccc([C@@H](C(=O)NC2CCCC2)N(C(=O)c2cnccn2)c2cccs2)cc1. The standard InChI is InChI=1S/C25H28N4O2S/c1-17(2)18-9-11-19(12-10-18)23(24(30)28-20-6-3-4-7-20)29(22-8-5-15-32-22)25(31)21-16-26-13-14-27-21/h5,8-17,20,23H,3-4,6-7H2,1-2H3,(H,28,30)/t23-/m0/s1. The summed E-state index contributed by atoms with van der Waals surface area (Å²) in [5.41, 5.74) is 2.17. The van der Waals surface area contributed by atoms with Crippen molar-refractivity contribution >= 4 is 28.2 Å². The van der Waals surface area contributed by atoms with Crippen LogP contribution in [0.1, 0.15) is 73.1 Å². The second-order valence-electron chi connectivity index (χ2n) is 8.43. The van der Waals surface area contributed by atoms with E-state index in [0.29, 0.717) is 10.9 Å². The molecule has 3 aromatic rings. The number of carbonyl (C=O) groups is 2. The molecule has 32 heavy (non-hydrogen) atoms. The van der Waals surface area contributed by atoms with Crippen LogP contribution >= 0.6 is 11.3 Å². The molecule has 1 atom stereocenters. The van der Waals surface area contributed by atoms with Gasteiger partial charge in [-0.3, -0.25) is 19.5 Å². The van der Waals surface area contributed by atoms with Crippen molar-refractivity contribution in [2.75, 3.05) is 4.90 Å². The lowest BCUT2D eigenvalue weighted by Crippen LogP contribution is -2.46. The van der Waals surface area contributed by atoms with Gasteiger partial charge in [-0.05, 0) is 47.4 Å². The van der Waals surface area contributed by atoms with Gasteiger partial charge in [-0.25, -0.2) is 4.98 Å². The Bertz CT molecular complexity index is 1030. The van der Waals surface area contributed by atoms with Gasteiger partial charge in [0.25, 0.3) is 5.91 Å². The molecule has 2 heterocycles. The van der Waals surface area contributed by atoms with Crippen molar-refractivity contribution in [2.45, 2.75) is 57.5 Å². The van der Waals surface area contributed by atoms with Crippen LogP contribution in [0.4, 0.5) is 5.00 Å². The summed E-state index contributed by atoms with van der Waals surface area (Å²) in [5.74, 6) is -0.135. The summed E-state index contributed by atoms with van der Waals surface area (Å²) in [5, 5.41) is 5.80. The maximum atomic E-state index is 13.7. The maximum absolute atomic E-state index is 13.7. The first-order chi connectivity index (χ1) is 15.5. The first-order valence-electron chi connectivity index (χ1n) is 11.1. The largest absolute Gasteiger partial charge is 0.351 e. The van der Waals surface area contributed by atoms with Gasteiger partial charge < -0.3 is 5.32 Å². The zero-order chi connectivity index (χ0) is 22.5. The maximum Gasteiger partial charge on any atom is 0.280 e. The minimum Gasteiger partial charge on any atom is -0.351 e. The van der Waals surface area contributed by atoms with E-state index < -0.39 is 6.04 Å². The van der Waals surface area contributed by atoms with E-state index >= 15 is 0 Å². The fraction of sp³-hybridized carbons (Fsp3) is 0.360. The number of hydrogen-bond donors (Lipinski definition) is 1. The molecular formula is C25H28N4O2S. The third-order valence-corrected chi connectivity index (χ3v) is 6.74. The molecule has 0 spiro atoms. The summed E-state index contributed by atoms with van der Waals surface area (Å²) in [7, 11) is 0. The quantitative estimate of drug-likeness (QED) is 0.545. The van der Waals surface area contributed by atoms with Crippen LogP contribution in [0.3, 0.4) is 0 Å². The van der Waals surface area contributed by atoms with Crippen LogP contribution in [-0.2, 0) is 4.79 Å². The van der Waals surface area contributed by atoms with E-state index in [-0.39, 0.29) is 23.6 Å². The molecule has 166 valence electrons. The van der Waals surface area contributed by atoms with Gasteiger partial charge in [-0.15, -0.1) is 11.3 Å². The molecule has 0 radical (unpaired) electrons. The second-order valence-corrected chi connectivity index (χ2v) is 9.36. The molecule has 0 saturated heterocycles. The Morgan fingerprint density at radius 3 is 2.38 bits per heavy atom. The highest BCUT2D eigenvalue weighted by molar-refractivity contribution is 7.14. The zero-order valence-electron chi connectivity index (χ0n) is 18.4. The third-order valence-electron chi connectivity index (χ3n) is 5.87. The molecule has 6 nitrogen and oxygen atoms in total. The van der Waals surface area contributed by atoms with Gasteiger partial charge in [0.05, 0.1) is 11.2 Å². The molecule has 0 unspecified atom stereocenters. The van der Waals surface area contributed by atoms with Crippen LogP contribution in [0.15, 0.2) is 60.4 Å². The molecule has 1 fully saturated rings. The van der Waals surface area contributed by atoms with Crippen molar-refractivity contribution in [1.29, 1.82) is 0 Å². The number of benzene rings is 1. The topological polar surface area (TPSA) is 75.2 Å². The Labute approximate surface area is 192 Å². The lowest BCUT2D eigenvalue weighted by molar-refractivity contribution is -0.123. The zero-order valence-corrected chi connectivity index (χ0v) is 19.2. The highest BCUT2D eigenvalue weighted by Gasteiger charge is 2.35. The smallest absolute Gasteiger partial charge is 0.280 e. The summed E-state index contributed by atoms with van der Waals surface area (Å²) in [6.07, 6.45) is 8.64. The predicted molar refractivity (Wildman–Crippen MR) is 127 cm³/mol. The monoisotopic (exact) mass is 448 g/mol. The summed E-state index contributed by atoms with van der Waals surface area (Å²) < 4.78 is 0. The van der Waals surface area contributed by atoms with E-state index in [1.165, 1.54) is 35.5 Å². The number of rotatable bonds is 7. The number of nitrogens with zero attached hydrogens (tertiary/aromatic N) is 3. The fourth-order valence-electron chi connectivity index (χ4n) is 4.12. The Morgan fingerprint density at radius 1 is 1.06 bits per heavy atom. The molecular weight excluding hydrogens is 420 g/mol. The minimum absolute atomic E-state index is 0.150. The van der Waals surface area contributed by atoms with E-state index in [1.807, 2.05) is 41.8 Å². The van der Waals surface area contributed by atoms with Crippen molar-refractivity contribution in [3.8, 4) is 0 Å². The van der Waals surface area contributed by atoms with E-state index in [9.17, 15) is 9.59 Å². The normalized spacial score (nSPS) is 15.0. The van der Waals surface area contributed by atoms with Gasteiger partial charge in [0.2, 0.25) is 5.91 Å². The van der Waals surface area contributed by atoms with Crippen molar-refractivity contribution < 1.29 is 9.59 Å². The van der Waals surface area contributed by atoms with Crippen LogP contribution < -0.4 is 10.2 Å². The van der Waals surface area contributed by atoms with Gasteiger partial charge in [-0.1, -0.05) is 51.0 Å². The molecule has 1 aromatic carbocycles. The molecule has 1 saturated carbocycles. The van der Waals surface area contributed by atoms with Gasteiger partial charge >= 0.3 is 0 Å². The van der Waals surface area contributed by atoms with Crippen molar-refractivity contribution in [3.63, 3.8) is 0 Å². The molecule has 0 aliphatic heterocycles. The van der Waals surface area contributed by atoms with Gasteiger partial charge in [0.15, 0.2) is 0 Å². The van der Waals surface area contributed by atoms with Crippen LogP contribution in [0.25, 0.3) is 0 Å². The molecule has 1 aliphatic rings. The van der Waals surface area contributed by atoms with E-state index in [0.717, 1.165) is 31.2 Å². The number of aromatic nitrogens is 2. The molecule has 4 rings (SSSR count). The number of thiophene rings is 1. The highest BCUT2D eigenvalue weighted by Crippen LogP contribution is 2.34. The predicted octanol–water partition coefficient (Wildman–Crippen LogP) is 5.11. The molecule has 0 bridgehead atoms. The van der Waals surface area contributed by atoms with Gasteiger partial charge in [-0.2, -0.15) is 0 Å². The second kappa shape index (κ2) is 10.0. The number of carbonyl (C=O) groups excluding carboxylic acids is 2. The molecule has 2 amide bonds. The summed E-state index contributed by atoms with van der Waals surface area (Å²) in [4.78, 5) is 37.1. The molecule has 1 aliphatic carbocycles. The fourth-order valence-corrected chi connectivity index (χ4v) is 4.87. The number of amides is 2. The number of hydrogen-bond acceptors (Lipinski definition) is 5. The van der Waals surface area contributed by atoms with E-state index in [4.69, 9.17) is 0 Å². The average Bonchev–Trinajstić information content (AvgIpc) is 3.52. The van der Waals surface area contributed by atoms with Crippen molar-refractivity contribution in [1.82, 2.24) is 15.3 Å². The first-order valence-corrected chi connectivity index (χ1v) is 12.0. The first kappa shape index (κ1) is 22.1. The Hall–Kier alpha value is -3.06. The summed E-state index contributed by atoms with van der Waals surface area (Å²) in [6.45, 7) is 4.27. The average molecular weight is 449 g/mol. The Kier molecular flexibility index (Phi) is 6.95. The Morgan fingerprint density at radius 2 is 1.78 bits per heavy atom. The minimum atomic E-state index is -0.801. The van der Waals surface area contributed by atoms with E-state index in [2.05, 4.69) is 29.1 Å². The van der Waals surface area contributed by atoms with Crippen LogP contribution in [-0.4, -0.2) is 27.8 Å². The molecule has 7 heteroatoms. The van der Waals surface area contributed by atoms with Crippen LogP contribution in [0.2, 0.25) is 0 Å². The van der Waals surface area contributed by atoms with Gasteiger partial charge in [0, 0.05) is 18.4 Å². The lowest BCUT2D eigenvalue weighted by atomic mass is 9.97. The lowest BCUT2D eigenvalue weighted by Gasteiger charge is -2.31. The van der Waals surface area contributed by atoms with Crippen molar-refractivity contribution in [2.24, 2.45) is 0 Å². The Balaban J connectivity index is 1.77. The van der Waals surface area contributed by atoms with E-state index in [1.54, 1.807) is 4.90 Å². The highest BCUT2D eigenvalue weighted by atomic mass is 32.1. The number of anilines is 1. The molecule has 2 aromatic heterocycles. The molecule has 1 N–H and O–H groups in total. The summed E-state index contributed by atoms with van der Waals surface area (Å²) in [6, 6.07) is 11.1. The number of nitrogens with one attached hydrogen (secondary N) is 1.